The maximum atomic E-state index is 8.90. The third-order valence-electron chi connectivity index (χ3n) is 2.37. The van der Waals surface area contributed by atoms with Crippen molar-refractivity contribution in [2.24, 2.45) is 0 Å². The van der Waals surface area contributed by atoms with Crippen LogP contribution in [-0.2, 0) is 0 Å². The van der Waals surface area contributed by atoms with Gasteiger partial charge in [0, 0.05) is 11.1 Å². The van der Waals surface area contributed by atoms with Crippen molar-refractivity contribution < 1.29 is 0 Å². The number of hydrogen-bond donors (Lipinski definition) is 1. The Morgan fingerprint density at radius 1 is 1.29 bits per heavy atom. The zero-order chi connectivity index (χ0) is 12.3. The van der Waals surface area contributed by atoms with Gasteiger partial charge in [-0.2, -0.15) is 5.26 Å². The van der Waals surface area contributed by atoms with Gasteiger partial charge in [0.15, 0.2) is 0 Å². The second-order valence-corrected chi connectivity index (χ2v) is 4.59. The molecule has 0 bridgehead atoms. The molecule has 17 heavy (non-hydrogen) atoms. The molecule has 4 heteroatoms. The monoisotopic (exact) mass is 241 g/mol. The summed E-state index contributed by atoms with van der Waals surface area (Å²) in [4.78, 5) is 5.31. The minimum Gasteiger partial charge on any atom is -0.395 e. The Morgan fingerprint density at radius 3 is 2.76 bits per heavy atom. The molecule has 0 aliphatic heterocycles. The van der Waals surface area contributed by atoms with E-state index in [1.54, 1.807) is 12.3 Å². The number of nitriles is 1. The number of hydrogen-bond acceptors (Lipinski definition) is 4. The molecular formula is C13H11N3S. The van der Waals surface area contributed by atoms with Gasteiger partial charge in [0.05, 0.1) is 11.3 Å². The van der Waals surface area contributed by atoms with Crippen LogP contribution in [0.15, 0.2) is 46.5 Å². The summed E-state index contributed by atoms with van der Waals surface area (Å²) in [5, 5.41) is 9.58. The van der Waals surface area contributed by atoms with Crippen molar-refractivity contribution in [3.05, 3.63) is 47.7 Å². The maximum absolute atomic E-state index is 8.90. The molecule has 3 nitrogen and oxygen atoms in total. The molecule has 0 aliphatic carbocycles. The minimum atomic E-state index is 0.447. The van der Waals surface area contributed by atoms with Crippen LogP contribution in [0.5, 0.6) is 0 Å². The van der Waals surface area contributed by atoms with Gasteiger partial charge in [-0.1, -0.05) is 30.0 Å². The van der Waals surface area contributed by atoms with Gasteiger partial charge in [-0.3, -0.25) is 0 Å². The lowest BCUT2D eigenvalue weighted by Crippen LogP contribution is -1.95. The molecule has 0 spiro atoms. The molecule has 1 heterocycles. The Bertz CT molecular complexity index is 587. The summed E-state index contributed by atoms with van der Waals surface area (Å²) in [6.45, 7) is 2.03. The molecule has 1 aromatic carbocycles. The molecule has 0 radical (unpaired) electrons. The maximum Gasteiger partial charge on any atom is 0.125 e. The minimum absolute atomic E-state index is 0.447. The van der Waals surface area contributed by atoms with E-state index < -0.39 is 0 Å². The molecule has 2 N–H and O–H groups in total. The molecule has 0 unspecified atom stereocenters. The van der Waals surface area contributed by atoms with Crippen LogP contribution < -0.4 is 5.73 Å². The van der Waals surface area contributed by atoms with Gasteiger partial charge in [0.2, 0.25) is 0 Å². The molecule has 0 saturated heterocycles. The highest BCUT2D eigenvalue weighted by Gasteiger charge is 2.08. The summed E-state index contributed by atoms with van der Waals surface area (Å²) in [6.07, 6.45) is 1.61. The summed E-state index contributed by atoms with van der Waals surface area (Å²) in [6, 6.07) is 11.7. The number of aromatic nitrogens is 1. The Kier molecular flexibility index (Phi) is 3.31. The number of nitrogens with two attached hydrogens (primary N) is 1. The lowest BCUT2D eigenvalue weighted by Gasteiger charge is -2.07. The summed E-state index contributed by atoms with van der Waals surface area (Å²) in [5.74, 6) is 0. The van der Waals surface area contributed by atoms with E-state index in [1.165, 1.54) is 17.3 Å². The van der Waals surface area contributed by atoms with Gasteiger partial charge in [-0.05, 0) is 24.6 Å². The standard InChI is InChI=1S/C13H11N3S/c1-9-4-2-3-5-11(9)17-13-12(15)10(8-14)6-7-16-13/h2-7H,15H2,1H3. The number of pyridine rings is 1. The smallest absolute Gasteiger partial charge is 0.125 e. The van der Waals surface area contributed by atoms with E-state index in [0.717, 1.165) is 4.90 Å². The van der Waals surface area contributed by atoms with Gasteiger partial charge < -0.3 is 5.73 Å². The van der Waals surface area contributed by atoms with E-state index in [2.05, 4.69) is 11.1 Å². The first kappa shape index (κ1) is 11.5. The molecule has 2 rings (SSSR count). The van der Waals surface area contributed by atoms with Crippen molar-refractivity contribution in [2.45, 2.75) is 16.8 Å². The lowest BCUT2D eigenvalue weighted by molar-refractivity contribution is 1.13. The van der Waals surface area contributed by atoms with Gasteiger partial charge in [-0.25, -0.2) is 4.98 Å². The Balaban J connectivity index is 2.38. The molecule has 0 amide bonds. The van der Waals surface area contributed by atoms with E-state index in [1.807, 2.05) is 31.2 Å². The number of aryl methyl sites for hydroxylation is 1. The number of anilines is 1. The molecule has 0 fully saturated rings. The van der Waals surface area contributed by atoms with E-state index in [0.29, 0.717) is 16.3 Å². The fourth-order valence-electron chi connectivity index (χ4n) is 1.41. The summed E-state index contributed by atoms with van der Waals surface area (Å²) in [7, 11) is 0. The van der Waals surface area contributed by atoms with Crippen molar-refractivity contribution in [2.75, 3.05) is 5.73 Å². The quantitative estimate of drug-likeness (QED) is 0.878. The van der Waals surface area contributed by atoms with Crippen LogP contribution in [0, 0.1) is 18.3 Å². The highest BCUT2D eigenvalue weighted by Crippen LogP contribution is 2.33. The van der Waals surface area contributed by atoms with E-state index in [9.17, 15) is 0 Å². The van der Waals surface area contributed by atoms with Crippen LogP contribution in [0.25, 0.3) is 0 Å². The molecule has 84 valence electrons. The van der Waals surface area contributed by atoms with Crippen LogP contribution in [0.4, 0.5) is 5.69 Å². The van der Waals surface area contributed by atoms with Crippen LogP contribution in [-0.4, -0.2) is 4.98 Å². The SMILES string of the molecule is Cc1ccccc1Sc1nccc(C#N)c1N. The second kappa shape index (κ2) is 4.89. The van der Waals surface area contributed by atoms with Crippen LogP contribution in [0.2, 0.25) is 0 Å². The summed E-state index contributed by atoms with van der Waals surface area (Å²) >= 11 is 1.48. The largest absolute Gasteiger partial charge is 0.395 e. The third-order valence-corrected chi connectivity index (χ3v) is 3.57. The summed E-state index contributed by atoms with van der Waals surface area (Å²) in [5.41, 5.74) is 7.97. The molecule has 0 saturated carbocycles. The second-order valence-electron chi connectivity index (χ2n) is 3.56. The normalized spacial score (nSPS) is 9.88. The molecule has 0 aliphatic rings. The highest BCUT2D eigenvalue weighted by atomic mass is 32.2. The average molecular weight is 241 g/mol. The van der Waals surface area contributed by atoms with Gasteiger partial charge in [0.25, 0.3) is 0 Å². The Morgan fingerprint density at radius 2 is 2.06 bits per heavy atom. The summed E-state index contributed by atoms with van der Waals surface area (Å²) < 4.78 is 0. The highest BCUT2D eigenvalue weighted by molar-refractivity contribution is 7.99. The molecule has 0 atom stereocenters. The van der Waals surface area contributed by atoms with Gasteiger partial charge >= 0.3 is 0 Å². The van der Waals surface area contributed by atoms with Crippen molar-refractivity contribution in [3.63, 3.8) is 0 Å². The molecule has 2 aromatic rings. The van der Waals surface area contributed by atoms with Crippen molar-refractivity contribution in [1.29, 1.82) is 5.26 Å². The van der Waals surface area contributed by atoms with E-state index in [-0.39, 0.29) is 0 Å². The third kappa shape index (κ3) is 2.40. The van der Waals surface area contributed by atoms with Crippen molar-refractivity contribution in [1.82, 2.24) is 4.98 Å². The van der Waals surface area contributed by atoms with Crippen LogP contribution in [0.1, 0.15) is 11.1 Å². The van der Waals surface area contributed by atoms with Crippen LogP contribution in [0.3, 0.4) is 0 Å². The molecular weight excluding hydrogens is 230 g/mol. The zero-order valence-electron chi connectivity index (χ0n) is 9.34. The first-order valence-corrected chi connectivity index (χ1v) is 5.92. The predicted molar refractivity (Wildman–Crippen MR) is 68.7 cm³/mol. The number of benzene rings is 1. The number of nitrogen functional groups attached to an aromatic ring is 1. The predicted octanol–water partition coefficient (Wildman–Crippen LogP) is 3.00. The van der Waals surface area contributed by atoms with Crippen molar-refractivity contribution in [3.8, 4) is 6.07 Å². The topological polar surface area (TPSA) is 62.7 Å². The number of nitrogens with zero attached hydrogens (tertiary/aromatic N) is 2. The fourth-order valence-corrected chi connectivity index (χ4v) is 2.33. The van der Waals surface area contributed by atoms with Crippen LogP contribution >= 0.6 is 11.8 Å². The molecule has 1 aromatic heterocycles. The fraction of sp³-hybridized carbons (Fsp3) is 0.0769. The lowest BCUT2D eigenvalue weighted by atomic mass is 10.2. The van der Waals surface area contributed by atoms with Crippen molar-refractivity contribution >= 4 is 17.4 Å². The number of rotatable bonds is 2. The Labute approximate surface area is 104 Å². The average Bonchev–Trinajstić information content (AvgIpc) is 2.34. The van der Waals surface area contributed by atoms with E-state index >= 15 is 0 Å². The Hall–Kier alpha value is -1.99. The zero-order valence-corrected chi connectivity index (χ0v) is 10.2. The first-order chi connectivity index (χ1) is 8.22. The van der Waals surface area contributed by atoms with Gasteiger partial charge in [0.1, 0.15) is 11.1 Å². The van der Waals surface area contributed by atoms with E-state index in [4.69, 9.17) is 11.0 Å². The first-order valence-electron chi connectivity index (χ1n) is 5.10. The van der Waals surface area contributed by atoms with Gasteiger partial charge in [-0.15, -0.1) is 0 Å².